The molecule has 0 atom stereocenters. The number of aromatic nitrogens is 1. The molecular weight excluding hydrogens is 293 g/mol. The Hall–Kier alpha value is -2.41. The van der Waals surface area contributed by atoms with Crippen molar-refractivity contribution >= 4 is 29.3 Å². The molecular formula is C14H12FN3O2S. The maximum atomic E-state index is 13.5. The van der Waals surface area contributed by atoms with E-state index in [0.717, 1.165) is 0 Å². The molecule has 0 fully saturated rings. The summed E-state index contributed by atoms with van der Waals surface area (Å²) < 4.78 is 13.5. The third-order valence-corrected chi connectivity index (χ3v) is 3.60. The zero-order valence-corrected chi connectivity index (χ0v) is 11.7. The molecule has 5 nitrogen and oxygen atoms in total. The van der Waals surface area contributed by atoms with Crippen LogP contribution in [0, 0.1) is 5.95 Å². The number of carbonyl (C=O) groups is 2. The molecule has 1 heterocycles. The molecule has 0 aliphatic rings. The molecule has 0 aliphatic carbocycles. The lowest BCUT2D eigenvalue weighted by atomic mass is 10.2. The Balaban J connectivity index is 2.18. The lowest BCUT2D eigenvalue weighted by Crippen LogP contribution is -2.16. The van der Waals surface area contributed by atoms with Crippen LogP contribution in [0.25, 0.3) is 0 Å². The minimum Gasteiger partial charge on any atom is -0.369 e. The van der Waals surface area contributed by atoms with E-state index in [1.807, 2.05) is 0 Å². The first-order valence-electron chi connectivity index (χ1n) is 6.00. The number of nitrogens with two attached hydrogens (primary N) is 1. The SMILES string of the molecule is NC(=O)CSc1ccccc1NC(=O)c1cccnc1F. The van der Waals surface area contributed by atoms with Gasteiger partial charge in [-0.25, -0.2) is 4.98 Å². The molecule has 0 spiro atoms. The lowest BCUT2D eigenvalue weighted by Gasteiger charge is -2.10. The number of carbonyl (C=O) groups excluding carboxylic acids is 2. The van der Waals surface area contributed by atoms with Crippen molar-refractivity contribution in [2.24, 2.45) is 5.73 Å². The van der Waals surface area contributed by atoms with Gasteiger partial charge in [-0.3, -0.25) is 9.59 Å². The first-order chi connectivity index (χ1) is 10.1. The van der Waals surface area contributed by atoms with Crippen LogP contribution < -0.4 is 11.1 Å². The molecule has 2 aromatic rings. The van der Waals surface area contributed by atoms with Crippen LogP contribution in [0.1, 0.15) is 10.4 Å². The second-order valence-corrected chi connectivity index (χ2v) is 5.06. The van der Waals surface area contributed by atoms with Gasteiger partial charge in [-0.15, -0.1) is 11.8 Å². The third kappa shape index (κ3) is 4.03. The zero-order chi connectivity index (χ0) is 15.2. The van der Waals surface area contributed by atoms with Crippen LogP contribution in [-0.4, -0.2) is 22.6 Å². The van der Waals surface area contributed by atoms with E-state index in [1.54, 1.807) is 24.3 Å². The maximum Gasteiger partial charge on any atom is 0.260 e. The van der Waals surface area contributed by atoms with Gasteiger partial charge < -0.3 is 11.1 Å². The van der Waals surface area contributed by atoms with E-state index < -0.39 is 17.8 Å². The molecule has 21 heavy (non-hydrogen) atoms. The summed E-state index contributed by atoms with van der Waals surface area (Å²) in [7, 11) is 0. The fourth-order valence-electron chi connectivity index (χ4n) is 1.59. The Morgan fingerprint density at radius 2 is 2.00 bits per heavy atom. The summed E-state index contributed by atoms with van der Waals surface area (Å²) in [5.74, 6) is -1.81. The van der Waals surface area contributed by atoms with E-state index in [1.165, 1.54) is 30.1 Å². The Morgan fingerprint density at radius 1 is 1.24 bits per heavy atom. The lowest BCUT2D eigenvalue weighted by molar-refractivity contribution is -0.115. The number of amides is 2. The van der Waals surface area contributed by atoms with Crippen molar-refractivity contribution in [3.8, 4) is 0 Å². The molecule has 7 heteroatoms. The number of anilines is 1. The molecule has 2 rings (SSSR count). The number of nitrogens with one attached hydrogen (secondary N) is 1. The molecule has 3 N–H and O–H groups in total. The molecule has 0 unspecified atom stereocenters. The number of hydrogen-bond acceptors (Lipinski definition) is 4. The highest BCUT2D eigenvalue weighted by Crippen LogP contribution is 2.27. The van der Waals surface area contributed by atoms with Gasteiger partial charge in [0, 0.05) is 11.1 Å². The van der Waals surface area contributed by atoms with Crippen LogP contribution >= 0.6 is 11.8 Å². The maximum absolute atomic E-state index is 13.5. The van der Waals surface area contributed by atoms with E-state index in [-0.39, 0.29) is 11.3 Å². The number of benzene rings is 1. The van der Waals surface area contributed by atoms with Crippen LogP contribution in [0.5, 0.6) is 0 Å². The molecule has 0 saturated heterocycles. The van der Waals surface area contributed by atoms with Gasteiger partial charge >= 0.3 is 0 Å². The van der Waals surface area contributed by atoms with Crippen molar-refractivity contribution in [2.75, 3.05) is 11.1 Å². The molecule has 1 aromatic carbocycles. The molecule has 1 aromatic heterocycles. The number of para-hydroxylation sites is 1. The first-order valence-corrected chi connectivity index (χ1v) is 6.98. The zero-order valence-electron chi connectivity index (χ0n) is 10.9. The summed E-state index contributed by atoms with van der Waals surface area (Å²) in [6, 6.07) is 9.72. The minimum atomic E-state index is -0.836. The average molecular weight is 305 g/mol. The quantitative estimate of drug-likeness (QED) is 0.654. The summed E-state index contributed by atoms with van der Waals surface area (Å²) in [4.78, 5) is 27.0. The summed E-state index contributed by atoms with van der Waals surface area (Å²) >= 11 is 1.20. The van der Waals surface area contributed by atoms with Crippen LogP contribution in [0.3, 0.4) is 0 Å². The summed E-state index contributed by atoms with van der Waals surface area (Å²) in [6.07, 6.45) is 1.27. The van der Waals surface area contributed by atoms with Gasteiger partial charge in [0.05, 0.1) is 17.0 Å². The Labute approximate surface area is 124 Å². The van der Waals surface area contributed by atoms with Gasteiger partial charge in [-0.2, -0.15) is 4.39 Å². The van der Waals surface area contributed by atoms with Crippen molar-refractivity contribution < 1.29 is 14.0 Å². The Bertz CT molecular complexity index is 679. The predicted octanol–water partition coefficient (Wildman–Crippen LogP) is 2.05. The van der Waals surface area contributed by atoms with E-state index in [9.17, 15) is 14.0 Å². The average Bonchev–Trinajstić information content (AvgIpc) is 2.46. The van der Waals surface area contributed by atoms with E-state index >= 15 is 0 Å². The number of halogens is 1. The topological polar surface area (TPSA) is 85.1 Å². The summed E-state index contributed by atoms with van der Waals surface area (Å²) in [5.41, 5.74) is 5.43. The van der Waals surface area contributed by atoms with Gasteiger partial charge in [0.25, 0.3) is 5.91 Å². The van der Waals surface area contributed by atoms with Crippen molar-refractivity contribution in [3.05, 3.63) is 54.1 Å². The van der Waals surface area contributed by atoms with Gasteiger partial charge in [0.2, 0.25) is 11.9 Å². The number of thioether (sulfide) groups is 1. The number of rotatable bonds is 5. The molecule has 2 amide bonds. The first kappa shape index (κ1) is 15.0. The normalized spacial score (nSPS) is 10.1. The predicted molar refractivity (Wildman–Crippen MR) is 78.5 cm³/mol. The Morgan fingerprint density at radius 3 is 2.71 bits per heavy atom. The van der Waals surface area contributed by atoms with Crippen LogP contribution in [0.4, 0.5) is 10.1 Å². The van der Waals surface area contributed by atoms with E-state index in [4.69, 9.17) is 5.73 Å². The van der Waals surface area contributed by atoms with Crippen LogP contribution in [-0.2, 0) is 4.79 Å². The highest BCUT2D eigenvalue weighted by atomic mass is 32.2. The smallest absolute Gasteiger partial charge is 0.260 e. The van der Waals surface area contributed by atoms with Crippen molar-refractivity contribution in [1.29, 1.82) is 0 Å². The number of pyridine rings is 1. The molecule has 0 saturated carbocycles. The second kappa shape index (κ2) is 6.85. The molecule has 0 aliphatic heterocycles. The minimum absolute atomic E-state index is 0.0914. The Kier molecular flexibility index (Phi) is 4.89. The third-order valence-electron chi connectivity index (χ3n) is 2.51. The van der Waals surface area contributed by atoms with Gasteiger partial charge in [-0.1, -0.05) is 12.1 Å². The highest BCUT2D eigenvalue weighted by Gasteiger charge is 2.14. The van der Waals surface area contributed by atoms with Gasteiger partial charge in [0.1, 0.15) is 0 Å². The van der Waals surface area contributed by atoms with Gasteiger partial charge in [0.15, 0.2) is 0 Å². The monoisotopic (exact) mass is 305 g/mol. The molecule has 0 radical (unpaired) electrons. The number of primary amides is 1. The number of hydrogen-bond donors (Lipinski definition) is 2. The van der Waals surface area contributed by atoms with Crippen molar-refractivity contribution in [2.45, 2.75) is 4.90 Å². The highest BCUT2D eigenvalue weighted by molar-refractivity contribution is 8.00. The second-order valence-electron chi connectivity index (χ2n) is 4.05. The van der Waals surface area contributed by atoms with E-state index in [0.29, 0.717) is 10.6 Å². The fraction of sp³-hybridized carbons (Fsp3) is 0.0714. The fourth-order valence-corrected chi connectivity index (χ4v) is 2.34. The standard InChI is InChI=1S/C14H12FN3O2S/c15-13-9(4-3-7-17-13)14(20)18-10-5-1-2-6-11(10)21-8-12(16)19/h1-7H,8H2,(H2,16,19)(H,18,20). The number of nitrogens with zero attached hydrogens (tertiary/aromatic N) is 1. The van der Waals surface area contributed by atoms with Crippen LogP contribution in [0.2, 0.25) is 0 Å². The largest absolute Gasteiger partial charge is 0.369 e. The summed E-state index contributed by atoms with van der Waals surface area (Å²) in [5, 5.41) is 2.60. The van der Waals surface area contributed by atoms with Gasteiger partial charge in [-0.05, 0) is 24.3 Å². The van der Waals surface area contributed by atoms with Crippen molar-refractivity contribution in [1.82, 2.24) is 4.98 Å². The molecule has 108 valence electrons. The molecule has 0 bridgehead atoms. The van der Waals surface area contributed by atoms with E-state index in [2.05, 4.69) is 10.3 Å². The van der Waals surface area contributed by atoms with Crippen LogP contribution in [0.15, 0.2) is 47.5 Å². The summed E-state index contributed by atoms with van der Waals surface area (Å²) in [6.45, 7) is 0. The van der Waals surface area contributed by atoms with Crippen molar-refractivity contribution in [3.63, 3.8) is 0 Å².